The van der Waals surface area contributed by atoms with Gasteiger partial charge in [-0.2, -0.15) is 0 Å². The Labute approximate surface area is 95.1 Å². The van der Waals surface area contributed by atoms with E-state index < -0.39 is 8.18 Å². The Morgan fingerprint density at radius 2 is 1.62 bits per heavy atom. The van der Waals surface area contributed by atoms with E-state index in [1.165, 1.54) is 6.42 Å². The molecule has 2 rings (SSSR count). The Bertz CT molecular complexity index is 309. The van der Waals surface area contributed by atoms with Crippen molar-refractivity contribution in [3.63, 3.8) is 0 Å². The number of hydrogen-bond donors (Lipinski definition) is 0. The molecular formula is C10H16NO4P. The van der Waals surface area contributed by atoms with E-state index in [2.05, 4.69) is 0 Å². The first kappa shape index (κ1) is 11.8. The van der Waals surface area contributed by atoms with E-state index in [0.717, 1.165) is 30.4 Å². The quantitative estimate of drug-likeness (QED) is 0.562. The van der Waals surface area contributed by atoms with Gasteiger partial charge >= 0.3 is 0 Å². The molecule has 2 amide bonds. The monoisotopic (exact) mass is 245 g/mol. The summed E-state index contributed by atoms with van der Waals surface area (Å²) in [6.45, 7) is 0. The van der Waals surface area contributed by atoms with E-state index in [4.69, 9.17) is 4.52 Å². The lowest BCUT2D eigenvalue weighted by molar-refractivity contribution is -0.132. The number of hydrogen-bond acceptors (Lipinski definition) is 4. The Morgan fingerprint density at radius 1 is 1.06 bits per heavy atom. The smallest absolute Gasteiger partial charge is 0.294 e. The predicted octanol–water partition coefficient (Wildman–Crippen LogP) is 1.87. The van der Waals surface area contributed by atoms with Crippen molar-refractivity contribution in [2.75, 3.05) is 0 Å². The highest BCUT2D eigenvalue weighted by atomic mass is 31.1. The average Bonchev–Trinajstić information content (AvgIpc) is 2.60. The molecule has 6 heteroatoms. The molecule has 0 N–H and O–H groups in total. The first-order valence-corrected chi connectivity index (χ1v) is 7.01. The zero-order chi connectivity index (χ0) is 11.5. The summed E-state index contributed by atoms with van der Waals surface area (Å²) < 4.78 is 18.0. The molecule has 16 heavy (non-hydrogen) atoms. The number of rotatable bonds is 3. The van der Waals surface area contributed by atoms with Gasteiger partial charge in [-0.3, -0.25) is 14.2 Å². The van der Waals surface area contributed by atoms with Gasteiger partial charge in [0.05, 0.1) is 6.10 Å². The van der Waals surface area contributed by atoms with Gasteiger partial charge in [0.15, 0.2) is 0 Å². The van der Waals surface area contributed by atoms with Crippen molar-refractivity contribution in [3.8, 4) is 0 Å². The summed E-state index contributed by atoms with van der Waals surface area (Å²) in [5.41, 5.74) is 0. The van der Waals surface area contributed by atoms with Crippen LogP contribution in [0.2, 0.25) is 0 Å². The Morgan fingerprint density at radius 3 is 2.19 bits per heavy atom. The molecular weight excluding hydrogens is 229 g/mol. The number of imide groups is 1. The maximum Gasteiger partial charge on any atom is 0.294 e. The lowest BCUT2D eigenvalue weighted by Gasteiger charge is -2.23. The lowest BCUT2D eigenvalue weighted by Crippen LogP contribution is -2.24. The molecule has 1 aliphatic carbocycles. The summed E-state index contributed by atoms with van der Waals surface area (Å²) in [4.78, 5) is 22.6. The van der Waals surface area contributed by atoms with Crippen LogP contribution in [-0.4, -0.2) is 22.6 Å². The van der Waals surface area contributed by atoms with Crippen LogP contribution >= 0.6 is 8.18 Å². The van der Waals surface area contributed by atoms with Gasteiger partial charge in [-0.05, 0) is 12.8 Å². The van der Waals surface area contributed by atoms with E-state index in [1.807, 2.05) is 0 Å². The Balaban J connectivity index is 1.91. The standard InChI is InChI=1S/C10H16NO4P/c12-9-6-7-10(13)11(9)16(14)15-8-4-2-1-3-5-8/h8,16H,1-7H2. The van der Waals surface area contributed by atoms with Crippen molar-refractivity contribution < 1.29 is 18.7 Å². The topological polar surface area (TPSA) is 63.7 Å². The zero-order valence-electron chi connectivity index (χ0n) is 9.11. The molecule has 0 aromatic rings. The molecule has 1 aliphatic heterocycles. The van der Waals surface area contributed by atoms with Crippen LogP contribution in [0, 0.1) is 0 Å². The van der Waals surface area contributed by atoms with Crippen molar-refractivity contribution >= 4 is 20.0 Å². The zero-order valence-corrected chi connectivity index (χ0v) is 10.1. The molecule has 2 fully saturated rings. The summed E-state index contributed by atoms with van der Waals surface area (Å²) in [5, 5.41) is 0. The highest BCUT2D eigenvalue weighted by molar-refractivity contribution is 7.38. The van der Waals surface area contributed by atoms with Gasteiger partial charge in [-0.25, -0.2) is 4.67 Å². The first-order chi connectivity index (χ1) is 7.68. The van der Waals surface area contributed by atoms with Gasteiger partial charge in [-0.1, -0.05) is 19.3 Å². The normalized spacial score (nSPS) is 25.1. The van der Waals surface area contributed by atoms with Crippen LogP contribution in [0.3, 0.4) is 0 Å². The van der Waals surface area contributed by atoms with Crippen molar-refractivity contribution in [2.45, 2.75) is 51.0 Å². The molecule has 1 atom stereocenters. The van der Waals surface area contributed by atoms with Crippen LogP contribution in [0.15, 0.2) is 0 Å². The Kier molecular flexibility index (Phi) is 3.77. The third-order valence-electron chi connectivity index (χ3n) is 3.05. The van der Waals surface area contributed by atoms with Crippen LogP contribution in [-0.2, 0) is 18.7 Å². The van der Waals surface area contributed by atoms with Gasteiger partial charge in [-0.15, -0.1) is 0 Å². The van der Waals surface area contributed by atoms with Crippen molar-refractivity contribution in [1.82, 2.24) is 4.67 Å². The van der Waals surface area contributed by atoms with Crippen molar-refractivity contribution in [1.29, 1.82) is 0 Å². The highest BCUT2D eigenvalue weighted by Crippen LogP contribution is 2.38. The molecule has 1 saturated carbocycles. The van der Waals surface area contributed by atoms with E-state index >= 15 is 0 Å². The molecule has 0 aromatic carbocycles. The molecule has 0 bridgehead atoms. The lowest BCUT2D eigenvalue weighted by atomic mass is 9.98. The largest absolute Gasteiger partial charge is 0.312 e. The molecule has 1 saturated heterocycles. The molecule has 2 aliphatic rings. The minimum Gasteiger partial charge on any atom is -0.312 e. The number of carbonyl (C=O) groups excluding carboxylic acids is 2. The number of carbonyl (C=O) groups is 2. The predicted molar refractivity (Wildman–Crippen MR) is 58.0 cm³/mol. The van der Waals surface area contributed by atoms with Gasteiger partial charge in [0.1, 0.15) is 0 Å². The summed E-state index contributed by atoms with van der Waals surface area (Å²) in [6.07, 6.45) is 5.39. The number of amides is 2. The minimum absolute atomic E-state index is 0.0404. The fourth-order valence-corrected chi connectivity index (χ4v) is 3.42. The molecule has 1 unspecified atom stereocenters. The second-order valence-corrected chi connectivity index (χ2v) is 5.48. The van der Waals surface area contributed by atoms with E-state index in [1.54, 1.807) is 0 Å². The van der Waals surface area contributed by atoms with Gasteiger partial charge in [0, 0.05) is 12.8 Å². The molecule has 0 radical (unpaired) electrons. The summed E-state index contributed by atoms with van der Waals surface area (Å²) >= 11 is 0. The summed E-state index contributed by atoms with van der Waals surface area (Å²) in [6, 6.07) is 0. The third kappa shape index (κ3) is 2.53. The van der Waals surface area contributed by atoms with Crippen LogP contribution in [0.25, 0.3) is 0 Å². The summed E-state index contributed by atoms with van der Waals surface area (Å²) in [7, 11) is -2.68. The second kappa shape index (κ2) is 5.11. The van der Waals surface area contributed by atoms with Crippen LogP contribution < -0.4 is 0 Å². The van der Waals surface area contributed by atoms with Gasteiger partial charge in [0.2, 0.25) is 11.8 Å². The molecule has 0 aromatic heterocycles. The van der Waals surface area contributed by atoms with Crippen molar-refractivity contribution in [2.24, 2.45) is 0 Å². The Hall–Kier alpha value is -0.670. The molecule has 1 heterocycles. The van der Waals surface area contributed by atoms with Gasteiger partial charge < -0.3 is 4.52 Å². The molecule has 90 valence electrons. The van der Waals surface area contributed by atoms with Crippen LogP contribution in [0.4, 0.5) is 0 Å². The van der Waals surface area contributed by atoms with Crippen molar-refractivity contribution in [3.05, 3.63) is 0 Å². The van der Waals surface area contributed by atoms with Crippen LogP contribution in [0.5, 0.6) is 0 Å². The number of nitrogens with zero attached hydrogens (tertiary/aromatic N) is 1. The first-order valence-electron chi connectivity index (χ1n) is 5.75. The summed E-state index contributed by atoms with van der Waals surface area (Å²) in [5.74, 6) is -0.714. The fourth-order valence-electron chi connectivity index (χ4n) is 2.16. The van der Waals surface area contributed by atoms with E-state index in [9.17, 15) is 14.2 Å². The third-order valence-corrected chi connectivity index (χ3v) is 4.45. The van der Waals surface area contributed by atoms with E-state index in [0.29, 0.717) is 0 Å². The second-order valence-electron chi connectivity index (χ2n) is 4.27. The minimum atomic E-state index is -2.68. The fraction of sp³-hybridized carbons (Fsp3) is 0.800. The van der Waals surface area contributed by atoms with Gasteiger partial charge in [0.25, 0.3) is 8.18 Å². The van der Waals surface area contributed by atoms with Crippen LogP contribution in [0.1, 0.15) is 44.9 Å². The molecule has 5 nitrogen and oxygen atoms in total. The maximum atomic E-state index is 11.8. The maximum absolute atomic E-state index is 11.8. The SMILES string of the molecule is O=C1CCC(=O)N1[PH](=O)OC1CCCCC1. The molecule has 0 spiro atoms. The average molecular weight is 245 g/mol. The highest BCUT2D eigenvalue weighted by Gasteiger charge is 2.34. The van der Waals surface area contributed by atoms with E-state index in [-0.39, 0.29) is 30.8 Å².